The molecule has 0 radical (unpaired) electrons. The van der Waals surface area contributed by atoms with Crippen molar-refractivity contribution in [2.75, 3.05) is 27.2 Å². The van der Waals surface area contributed by atoms with Crippen molar-refractivity contribution in [3.05, 3.63) is 16.5 Å². The summed E-state index contributed by atoms with van der Waals surface area (Å²) in [5, 5.41) is 3.23. The van der Waals surface area contributed by atoms with E-state index in [0.717, 1.165) is 23.5 Å². The van der Waals surface area contributed by atoms with Crippen LogP contribution in [0.5, 0.6) is 0 Å². The van der Waals surface area contributed by atoms with Crippen LogP contribution in [0.25, 0.3) is 0 Å². The normalized spacial score (nSPS) is 13.9. The molecule has 0 fully saturated rings. The number of nitrogens with zero attached hydrogens (tertiary/aromatic N) is 1. The van der Waals surface area contributed by atoms with Gasteiger partial charge in [0.1, 0.15) is 4.21 Å². The van der Waals surface area contributed by atoms with Gasteiger partial charge < -0.3 is 10.2 Å². The summed E-state index contributed by atoms with van der Waals surface area (Å²) in [6.07, 6.45) is 0. The average molecular weight is 319 g/mol. The summed E-state index contributed by atoms with van der Waals surface area (Å²) in [4.78, 5) is 3.04. The zero-order chi connectivity index (χ0) is 15.3. The minimum atomic E-state index is -3.42. The molecule has 1 rings (SSSR count). The third-order valence-corrected chi connectivity index (χ3v) is 6.09. The molecule has 0 spiro atoms. The number of sulfonamides is 1. The molecule has 5 nitrogen and oxygen atoms in total. The van der Waals surface area contributed by atoms with Crippen LogP contribution >= 0.6 is 11.3 Å². The number of hydrogen-bond acceptors (Lipinski definition) is 5. The monoisotopic (exact) mass is 319 g/mol. The lowest BCUT2D eigenvalue weighted by Gasteiger charge is -2.17. The predicted molar refractivity (Wildman–Crippen MR) is 84.8 cm³/mol. The highest BCUT2D eigenvalue weighted by molar-refractivity contribution is 7.91. The number of rotatable bonds is 8. The van der Waals surface area contributed by atoms with E-state index in [9.17, 15) is 8.42 Å². The van der Waals surface area contributed by atoms with Crippen molar-refractivity contribution in [3.8, 4) is 0 Å². The molecule has 0 saturated heterocycles. The second kappa shape index (κ2) is 7.51. The first-order valence-electron chi connectivity index (χ1n) is 6.73. The first-order chi connectivity index (χ1) is 9.26. The van der Waals surface area contributed by atoms with Crippen molar-refractivity contribution in [1.82, 2.24) is 14.9 Å². The van der Waals surface area contributed by atoms with Gasteiger partial charge in [-0.15, -0.1) is 11.3 Å². The van der Waals surface area contributed by atoms with Gasteiger partial charge in [0.2, 0.25) is 10.0 Å². The molecule has 0 aromatic carbocycles. The van der Waals surface area contributed by atoms with Crippen LogP contribution in [0.2, 0.25) is 0 Å². The van der Waals surface area contributed by atoms with Crippen LogP contribution in [0, 0.1) is 6.92 Å². The van der Waals surface area contributed by atoms with Gasteiger partial charge in [-0.3, -0.25) is 0 Å². The van der Waals surface area contributed by atoms with Crippen molar-refractivity contribution in [2.24, 2.45) is 0 Å². The number of nitrogens with one attached hydrogen (secondary N) is 2. The maximum Gasteiger partial charge on any atom is 0.250 e. The number of aryl methyl sites for hydroxylation is 1. The first-order valence-corrected chi connectivity index (χ1v) is 9.03. The third kappa shape index (κ3) is 5.14. The van der Waals surface area contributed by atoms with Crippen molar-refractivity contribution in [3.63, 3.8) is 0 Å². The molecule has 0 aliphatic heterocycles. The van der Waals surface area contributed by atoms with Gasteiger partial charge >= 0.3 is 0 Å². The van der Waals surface area contributed by atoms with Crippen molar-refractivity contribution in [2.45, 2.75) is 37.6 Å². The average Bonchev–Trinajstić information content (AvgIpc) is 2.67. The quantitative estimate of drug-likeness (QED) is 0.760. The zero-order valence-electron chi connectivity index (χ0n) is 12.9. The lowest BCUT2D eigenvalue weighted by atomic mass is 10.3. The minimum Gasteiger partial charge on any atom is -0.312 e. The number of thiophene rings is 1. The van der Waals surface area contributed by atoms with Crippen molar-refractivity contribution in [1.29, 1.82) is 0 Å². The van der Waals surface area contributed by atoms with E-state index in [-0.39, 0.29) is 6.04 Å². The molecular weight excluding hydrogens is 294 g/mol. The summed E-state index contributed by atoms with van der Waals surface area (Å²) in [5.41, 5.74) is 1.02. The van der Waals surface area contributed by atoms with Crippen LogP contribution in [0.4, 0.5) is 0 Å². The summed E-state index contributed by atoms with van der Waals surface area (Å²) in [6, 6.07) is 1.64. The van der Waals surface area contributed by atoms with E-state index in [1.807, 2.05) is 39.8 Å². The van der Waals surface area contributed by atoms with E-state index in [1.165, 1.54) is 11.3 Å². The summed E-state index contributed by atoms with van der Waals surface area (Å²) in [5.74, 6) is 0. The maximum atomic E-state index is 12.3. The van der Waals surface area contributed by atoms with Crippen LogP contribution < -0.4 is 10.0 Å². The lowest BCUT2D eigenvalue weighted by molar-refractivity contribution is 0.370. The fourth-order valence-corrected chi connectivity index (χ4v) is 4.75. The summed E-state index contributed by atoms with van der Waals surface area (Å²) >= 11 is 1.34. The molecule has 1 heterocycles. The molecule has 1 unspecified atom stereocenters. The molecule has 0 bridgehead atoms. The second-order valence-corrected chi connectivity index (χ2v) is 8.31. The van der Waals surface area contributed by atoms with Gasteiger partial charge in [-0.05, 0) is 46.1 Å². The Morgan fingerprint density at radius 2 is 2.05 bits per heavy atom. The van der Waals surface area contributed by atoms with Gasteiger partial charge in [0.05, 0.1) is 0 Å². The number of likely N-dealkylation sites (N-methyl/N-ethyl adjacent to an activating group) is 1. The molecule has 1 aromatic rings. The molecule has 116 valence electrons. The van der Waals surface area contributed by atoms with Gasteiger partial charge in [-0.25, -0.2) is 13.1 Å². The molecule has 1 atom stereocenters. The fraction of sp³-hybridized carbons (Fsp3) is 0.692. The molecule has 0 saturated carbocycles. The Morgan fingerprint density at radius 1 is 1.40 bits per heavy atom. The van der Waals surface area contributed by atoms with Crippen molar-refractivity contribution >= 4 is 21.4 Å². The minimum absolute atomic E-state index is 0.116. The highest BCUT2D eigenvalue weighted by Crippen LogP contribution is 2.26. The van der Waals surface area contributed by atoms with E-state index in [4.69, 9.17) is 0 Å². The van der Waals surface area contributed by atoms with Crippen molar-refractivity contribution < 1.29 is 8.42 Å². The summed E-state index contributed by atoms with van der Waals surface area (Å²) in [7, 11) is 0.433. The molecule has 0 aliphatic rings. The smallest absolute Gasteiger partial charge is 0.250 e. The largest absolute Gasteiger partial charge is 0.312 e. The Kier molecular flexibility index (Phi) is 6.60. The van der Waals surface area contributed by atoms with Crippen LogP contribution in [0.15, 0.2) is 10.3 Å². The molecule has 7 heteroatoms. The molecule has 1 aromatic heterocycles. The molecule has 0 aliphatic carbocycles. The zero-order valence-corrected chi connectivity index (χ0v) is 14.5. The first kappa shape index (κ1) is 17.6. The van der Waals surface area contributed by atoms with Gasteiger partial charge in [0.15, 0.2) is 0 Å². The van der Waals surface area contributed by atoms with E-state index >= 15 is 0 Å². The standard InChI is InChI=1S/C13H25N3O2S2/c1-6-14-8-12-10(2)7-13(19-12)20(17,18)15-11(3)9-16(4)5/h7,11,14-15H,6,8-9H2,1-5H3. The van der Waals surface area contributed by atoms with Crippen LogP contribution in [-0.4, -0.2) is 46.5 Å². The Labute approximate surface area is 126 Å². The van der Waals surface area contributed by atoms with E-state index in [2.05, 4.69) is 10.0 Å². The highest BCUT2D eigenvalue weighted by Gasteiger charge is 2.21. The fourth-order valence-electron chi connectivity index (χ4n) is 1.94. The highest BCUT2D eigenvalue weighted by atomic mass is 32.2. The SMILES string of the molecule is CCNCc1sc(S(=O)(=O)NC(C)CN(C)C)cc1C. The van der Waals surface area contributed by atoms with E-state index < -0.39 is 10.0 Å². The third-order valence-electron chi connectivity index (χ3n) is 2.79. The predicted octanol–water partition coefficient (Wildman–Crippen LogP) is 1.39. The van der Waals surface area contributed by atoms with Crippen LogP contribution in [0.1, 0.15) is 24.3 Å². The number of hydrogen-bond donors (Lipinski definition) is 2. The topological polar surface area (TPSA) is 61.4 Å². The Bertz CT molecular complexity index is 524. The van der Waals surface area contributed by atoms with Gasteiger partial charge in [0.25, 0.3) is 0 Å². The van der Waals surface area contributed by atoms with Crippen LogP contribution in [0.3, 0.4) is 0 Å². The van der Waals surface area contributed by atoms with Gasteiger partial charge in [0, 0.05) is 24.0 Å². The molecule has 2 N–H and O–H groups in total. The summed E-state index contributed by atoms with van der Waals surface area (Å²) < 4.78 is 27.8. The van der Waals surface area contributed by atoms with Crippen LogP contribution in [-0.2, 0) is 16.6 Å². The molecular formula is C13H25N3O2S2. The Hall–Kier alpha value is -0.470. The molecule has 0 amide bonds. The molecule has 20 heavy (non-hydrogen) atoms. The van der Waals surface area contributed by atoms with E-state index in [0.29, 0.717) is 10.8 Å². The maximum absolute atomic E-state index is 12.3. The van der Waals surface area contributed by atoms with Gasteiger partial charge in [-0.1, -0.05) is 6.92 Å². The summed E-state index contributed by atoms with van der Waals surface area (Å²) in [6.45, 7) is 8.12. The lowest BCUT2D eigenvalue weighted by Crippen LogP contribution is -2.39. The van der Waals surface area contributed by atoms with E-state index in [1.54, 1.807) is 6.07 Å². The Morgan fingerprint density at radius 3 is 2.60 bits per heavy atom. The van der Waals surface area contributed by atoms with Gasteiger partial charge in [-0.2, -0.15) is 0 Å². The second-order valence-electron chi connectivity index (χ2n) is 5.24. The Balaban J connectivity index is 2.82.